The lowest BCUT2D eigenvalue weighted by molar-refractivity contribution is -0.116. The lowest BCUT2D eigenvalue weighted by Crippen LogP contribution is -2.33. The van der Waals surface area contributed by atoms with Gasteiger partial charge in [0.2, 0.25) is 15.9 Å². The number of nitrogens with zero attached hydrogens (tertiary/aromatic N) is 1. The van der Waals surface area contributed by atoms with Crippen LogP contribution in [-0.2, 0) is 14.8 Å². The van der Waals surface area contributed by atoms with Crippen LogP contribution in [0.1, 0.15) is 18.9 Å². The van der Waals surface area contributed by atoms with E-state index in [9.17, 15) is 13.2 Å². The van der Waals surface area contributed by atoms with E-state index >= 15 is 0 Å². The van der Waals surface area contributed by atoms with Gasteiger partial charge < -0.3 is 5.32 Å². The van der Waals surface area contributed by atoms with E-state index in [1.54, 1.807) is 13.0 Å². The molecule has 6 heteroatoms. The average molecular weight is 310 g/mol. The molecule has 0 fully saturated rings. The second kappa shape index (κ2) is 8.59. The van der Waals surface area contributed by atoms with Crippen molar-refractivity contribution in [3.05, 3.63) is 42.0 Å². The van der Waals surface area contributed by atoms with Crippen molar-refractivity contribution in [3.8, 4) is 0 Å². The highest BCUT2D eigenvalue weighted by Gasteiger charge is 2.13. The summed E-state index contributed by atoms with van der Waals surface area (Å²) in [4.78, 5) is 11.6. The number of carbonyl (C=O) groups excluding carboxylic acids is 1. The van der Waals surface area contributed by atoms with E-state index in [0.717, 1.165) is 5.56 Å². The molecule has 116 valence electrons. The highest BCUT2D eigenvalue weighted by atomic mass is 32.2. The molecule has 1 aromatic rings. The van der Waals surface area contributed by atoms with Gasteiger partial charge in [0.05, 0.1) is 6.26 Å². The van der Waals surface area contributed by atoms with Gasteiger partial charge in [-0.15, -0.1) is 0 Å². The quantitative estimate of drug-likeness (QED) is 0.584. The van der Waals surface area contributed by atoms with Crippen molar-refractivity contribution in [3.63, 3.8) is 0 Å². The monoisotopic (exact) mass is 310 g/mol. The van der Waals surface area contributed by atoms with Crippen molar-refractivity contribution >= 4 is 22.0 Å². The van der Waals surface area contributed by atoms with E-state index in [2.05, 4.69) is 5.32 Å². The summed E-state index contributed by atoms with van der Waals surface area (Å²) in [6.07, 6.45) is 5.00. The minimum Gasteiger partial charge on any atom is -0.353 e. The van der Waals surface area contributed by atoms with Crippen LogP contribution >= 0.6 is 0 Å². The van der Waals surface area contributed by atoms with E-state index in [0.29, 0.717) is 26.1 Å². The third kappa shape index (κ3) is 7.06. The Morgan fingerprint density at radius 1 is 1.29 bits per heavy atom. The fourth-order valence-corrected chi connectivity index (χ4v) is 2.75. The summed E-state index contributed by atoms with van der Waals surface area (Å²) in [6, 6.07) is 9.55. The van der Waals surface area contributed by atoms with Crippen LogP contribution in [0.25, 0.3) is 6.08 Å². The van der Waals surface area contributed by atoms with E-state index in [4.69, 9.17) is 0 Å². The van der Waals surface area contributed by atoms with Gasteiger partial charge in [0.25, 0.3) is 0 Å². The largest absolute Gasteiger partial charge is 0.353 e. The Kier molecular flexibility index (Phi) is 7.11. The van der Waals surface area contributed by atoms with Crippen molar-refractivity contribution in [2.75, 3.05) is 25.9 Å². The van der Waals surface area contributed by atoms with E-state index < -0.39 is 10.0 Å². The van der Waals surface area contributed by atoms with Crippen molar-refractivity contribution in [2.24, 2.45) is 0 Å². The molecule has 0 spiro atoms. The first-order chi connectivity index (χ1) is 9.93. The molecule has 1 N–H and O–H groups in total. The number of benzene rings is 1. The van der Waals surface area contributed by atoms with Crippen LogP contribution in [-0.4, -0.2) is 44.5 Å². The Balaban J connectivity index is 2.30. The number of amides is 1. The standard InChI is InChI=1S/C15H22N2O3S/c1-3-17(21(2,19)20)13-7-12-16-15(18)11-10-14-8-5-4-6-9-14/h4-6,8-11H,3,7,12-13H2,1-2H3,(H,16,18)/b11-10+. The Bertz CT molecular complexity index is 568. The van der Waals surface area contributed by atoms with Crippen LogP contribution in [0.2, 0.25) is 0 Å². The zero-order valence-corrected chi connectivity index (χ0v) is 13.3. The maximum Gasteiger partial charge on any atom is 0.243 e. The topological polar surface area (TPSA) is 66.5 Å². The fourth-order valence-electron chi connectivity index (χ4n) is 1.82. The molecule has 0 unspecified atom stereocenters. The maximum atomic E-state index is 11.6. The van der Waals surface area contributed by atoms with E-state index in [-0.39, 0.29) is 5.91 Å². The average Bonchev–Trinajstić information content (AvgIpc) is 2.45. The molecule has 1 aromatic carbocycles. The smallest absolute Gasteiger partial charge is 0.243 e. The van der Waals surface area contributed by atoms with Gasteiger partial charge in [0.1, 0.15) is 0 Å². The zero-order chi connectivity index (χ0) is 15.7. The van der Waals surface area contributed by atoms with Gasteiger partial charge in [0.15, 0.2) is 0 Å². The Morgan fingerprint density at radius 2 is 1.95 bits per heavy atom. The van der Waals surface area contributed by atoms with E-state index in [1.807, 2.05) is 30.3 Å². The summed E-state index contributed by atoms with van der Waals surface area (Å²) >= 11 is 0. The first-order valence-electron chi connectivity index (χ1n) is 6.89. The summed E-state index contributed by atoms with van der Waals surface area (Å²) < 4.78 is 24.1. The molecule has 0 aromatic heterocycles. The third-order valence-electron chi connectivity index (χ3n) is 2.93. The summed E-state index contributed by atoms with van der Waals surface area (Å²) in [5.74, 6) is -0.179. The summed E-state index contributed by atoms with van der Waals surface area (Å²) in [7, 11) is -3.16. The number of nitrogens with one attached hydrogen (secondary N) is 1. The summed E-state index contributed by atoms with van der Waals surface area (Å²) in [6.45, 7) is 3.10. The molecule has 0 aliphatic rings. The summed E-state index contributed by atoms with van der Waals surface area (Å²) in [5.41, 5.74) is 0.960. The third-order valence-corrected chi connectivity index (χ3v) is 4.31. The van der Waals surface area contributed by atoms with Crippen LogP contribution in [0.4, 0.5) is 0 Å². The molecule has 0 saturated carbocycles. The molecule has 0 heterocycles. The van der Waals surface area contributed by atoms with Crippen molar-refractivity contribution < 1.29 is 13.2 Å². The van der Waals surface area contributed by atoms with Crippen LogP contribution in [0.5, 0.6) is 0 Å². The van der Waals surface area contributed by atoms with Crippen LogP contribution in [0.15, 0.2) is 36.4 Å². The summed E-state index contributed by atoms with van der Waals surface area (Å²) in [5, 5.41) is 2.74. The number of carbonyl (C=O) groups is 1. The van der Waals surface area contributed by atoms with Gasteiger partial charge in [-0.3, -0.25) is 4.79 Å². The second-order valence-electron chi connectivity index (χ2n) is 4.64. The van der Waals surface area contributed by atoms with Gasteiger partial charge >= 0.3 is 0 Å². The molecular formula is C15H22N2O3S. The number of hydrogen-bond acceptors (Lipinski definition) is 3. The first kappa shape index (κ1) is 17.4. The number of hydrogen-bond donors (Lipinski definition) is 1. The van der Waals surface area contributed by atoms with Gasteiger partial charge in [0, 0.05) is 25.7 Å². The predicted molar refractivity (Wildman–Crippen MR) is 85.2 cm³/mol. The number of rotatable bonds is 8. The molecule has 1 amide bonds. The van der Waals surface area contributed by atoms with Crippen molar-refractivity contribution in [1.82, 2.24) is 9.62 Å². The molecule has 0 aliphatic heterocycles. The highest BCUT2D eigenvalue weighted by Crippen LogP contribution is 2.01. The normalized spacial score (nSPS) is 12.0. The molecule has 0 aliphatic carbocycles. The van der Waals surface area contributed by atoms with Gasteiger partial charge in [-0.25, -0.2) is 12.7 Å². The molecule has 1 rings (SSSR count). The van der Waals surface area contributed by atoms with Crippen LogP contribution < -0.4 is 5.32 Å². The van der Waals surface area contributed by atoms with Crippen molar-refractivity contribution in [1.29, 1.82) is 0 Å². The van der Waals surface area contributed by atoms with Crippen molar-refractivity contribution in [2.45, 2.75) is 13.3 Å². The minimum absolute atomic E-state index is 0.179. The molecule has 0 bridgehead atoms. The SMILES string of the molecule is CCN(CCCNC(=O)/C=C/c1ccccc1)S(C)(=O)=O. The predicted octanol–water partition coefficient (Wildman–Crippen LogP) is 1.49. The molecule has 5 nitrogen and oxygen atoms in total. The van der Waals surface area contributed by atoms with Gasteiger partial charge in [-0.1, -0.05) is 37.3 Å². The highest BCUT2D eigenvalue weighted by molar-refractivity contribution is 7.88. The first-order valence-corrected chi connectivity index (χ1v) is 8.74. The minimum atomic E-state index is -3.16. The van der Waals surface area contributed by atoms with Gasteiger partial charge in [-0.2, -0.15) is 0 Å². The molecule has 0 radical (unpaired) electrons. The number of sulfonamides is 1. The lowest BCUT2D eigenvalue weighted by Gasteiger charge is -2.17. The van der Waals surface area contributed by atoms with E-state index in [1.165, 1.54) is 16.6 Å². The molecule has 0 atom stereocenters. The zero-order valence-electron chi connectivity index (χ0n) is 12.5. The van der Waals surface area contributed by atoms with Gasteiger partial charge in [-0.05, 0) is 18.1 Å². The van der Waals surface area contributed by atoms with Crippen LogP contribution in [0, 0.1) is 0 Å². The Labute approximate surface area is 126 Å². The second-order valence-corrected chi connectivity index (χ2v) is 6.63. The van der Waals surface area contributed by atoms with Crippen LogP contribution in [0.3, 0.4) is 0 Å². The Morgan fingerprint density at radius 3 is 2.52 bits per heavy atom. The lowest BCUT2D eigenvalue weighted by atomic mass is 10.2. The Hall–Kier alpha value is -1.66. The molecular weight excluding hydrogens is 288 g/mol. The maximum absolute atomic E-state index is 11.6. The molecule has 0 saturated heterocycles. The molecule has 21 heavy (non-hydrogen) atoms. The fraction of sp³-hybridized carbons (Fsp3) is 0.400.